The van der Waals surface area contributed by atoms with Gasteiger partial charge in [0.2, 0.25) is 0 Å². The zero-order valence-corrected chi connectivity index (χ0v) is 13.7. The van der Waals surface area contributed by atoms with Crippen LogP contribution in [0.4, 0.5) is 0 Å². The Bertz CT molecular complexity index is 774. The Morgan fingerprint density at radius 2 is 2.20 bits per heavy atom. The highest BCUT2D eigenvalue weighted by Gasteiger charge is 2.12. The lowest BCUT2D eigenvalue weighted by atomic mass is 10.3. The summed E-state index contributed by atoms with van der Waals surface area (Å²) in [4.78, 5) is 14.2. The van der Waals surface area contributed by atoms with E-state index in [1.807, 2.05) is 22.7 Å². The fraction of sp³-hybridized carbons (Fsp3) is 0.154. The van der Waals surface area contributed by atoms with Crippen LogP contribution in [0.1, 0.15) is 6.92 Å². The van der Waals surface area contributed by atoms with Gasteiger partial charge >= 0.3 is 0 Å². The molecule has 3 heterocycles. The molecule has 20 heavy (non-hydrogen) atoms. The molecule has 3 rings (SSSR count). The second-order valence-corrected chi connectivity index (χ2v) is 6.59. The molecule has 0 aromatic carbocycles. The van der Waals surface area contributed by atoms with Crippen LogP contribution < -0.4 is 0 Å². The molecule has 0 N–H and O–H groups in total. The van der Waals surface area contributed by atoms with Gasteiger partial charge in [-0.25, -0.2) is 9.97 Å². The SMILES string of the molecule is CCSc1cc(Cl)cnc1-c1cn2cnc(Br)cc2n1. The molecule has 0 bridgehead atoms. The van der Waals surface area contributed by atoms with Gasteiger partial charge in [-0.3, -0.25) is 9.38 Å². The molecule has 4 nitrogen and oxygen atoms in total. The minimum absolute atomic E-state index is 0.637. The van der Waals surface area contributed by atoms with E-state index in [4.69, 9.17) is 11.6 Å². The van der Waals surface area contributed by atoms with Crippen molar-refractivity contribution in [3.8, 4) is 11.4 Å². The summed E-state index contributed by atoms with van der Waals surface area (Å²) < 4.78 is 2.63. The van der Waals surface area contributed by atoms with Crippen molar-refractivity contribution >= 4 is 44.9 Å². The van der Waals surface area contributed by atoms with Crippen molar-refractivity contribution in [2.45, 2.75) is 11.8 Å². The Morgan fingerprint density at radius 1 is 1.35 bits per heavy atom. The standard InChI is InChI=1S/C13H10BrClN4S/c1-2-20-10-3-8(15)5-16-13(10)9-6-19-7-17-11(14)4-12(19)18-9/h3-7H,2H2,1H3. The van der Waals surface area contributed by atoms with Crippen LogP contribution >= 0.6 is 39.3 Å². The first kappa shape index (κ1) is 13.9. The van der Waals surface area contributed by atoms with E-state index in [2.05, 4.69) is 37.8 Å². The maximum atomic E-state index is 6.02. The first-order valence-electron chi connectivity index (χ1n) is 5.96. The molecule has 0 fully saturated rings. The highest BCUT2D eigenvalue weighted by Crippen LogP contribution is 2.31. The van der Waals surface area contributed by atoms with Gasteiger partial charge in [0.05, 0.1) is 5.02 Å². The molecule has 102 valence electrons. The highest BCUT2D eigenvalue weighted by molar-refractivity contribution is 9.10. The van der Waals surface area contributed by atoms with Gasteiger partial charge in [-0.15, -0.1) is 11.8 Å². The monoisotopic (exact) mass is 368 g/mol. The number of fused-ring (bicyclic) bond motifs is 1. The molecule has 3 aromatic heterocycles. The maximum absolute atomic E-state index is 6.02. The van der Waals surface area contributed by atoms with Crippen LogP contribution in [-0.2, 0) is 0 Å². The number of imidazole rings is 1. The normalized spacial score (nSPS) is 11.2. The van der Waals surface area contributed by atoms with Gasteiger partial charge in [0.25, 0.3) is 0 Å². The van der Waals surface area contributed by atoms with Crippen LogP contribution in [-0.4, -0.2) is 25.1 Å². The third kappa shape index (κ3) is 2.68. The Hall–Kier alpha value is -1.11. The topological polar surface area (TPSA) is 43.1 Å². The molecule has 0 aliphatic heterocycles. The minimum atomic E-state index is 0.637. The Labute approximate surface area is 133 Å². The van der Waals surface area contributed by atoms with Gasteiger partial charge < -0.3 is 0 Å². The van der Waals surface area contributed by atoms with Crippen molar-refractivity contribution in [2.75, 3.05) is 5.75 Å². The third-order valence-corrected chi connectivity index (χ3v) is 4.23. The third-order valence-electron chi connectivity index (χ3n) is 2.68. The van der Waals surface area contributed by atoms with Gasteiger partial charge in [0, 0.05) is 23.4 Å². The number of hydrogen-bond donors (Lipinski definition) is 0. The lowest BCUT2D eigenvalue weighted by Gasteiger charge is -2.04. The van der Waals surface area contributed by atoms with Gasteiger partial charge in [-0.2, -0.15) is 0 Å². The fourth-order valence-corrected chi connectivity index (χ4v) is 3.20. The van der Waals surface area contributed by atoms with Crippen LogP contribution in [0.25, 0.3) is 17.0 Å². The summed E-state index contributed by atoms with van der Waals surface area (Å²) in [5, 5.41) is 0.637. The molecule has 0 saturated carbocycles. The molecule has 0 saturated heterocycles. The van der Waals surface area contributed by atoms with Crippen molar-refractivity contribution in [1.29, 1.82) is 0 Å². The predicted molar refractivity (Wildman–Crippen MR) is 85.3 cm³/mol. The van der Waals surface area contributed by atoms with Crippen LogP contribution in [0.2, 0.25) is 5.02 Å². The van der Waals surface area contributed by atoms with E-state index in [1.165, 1.54) is 0 Å². The summed E-state index contributed by atoms with van der Waals surface area (Å²) in [6.07, 6.45) is 5.29. The summed E-state index contributed by atoms with van der Waals surface area (Å²) in [6.45, 7) is 2.10. The summed E-state index contributed by atoms with van der Waals surface area (Å²) >= 11 is 11.1. The number of aromatic nitrogens is 4. The number of pyridine rings is 1. The van der Waals surface area contributed by atoms with E-state index in [-0.39, 0.29) is 0 Å². The maximum Gasteiger partial charge on any atom is 0.141 e. The molecule has 7 heteroatoms. The molecule has 0 spiro atoms. The quantitative estimate of drug-likeness (QED) is 0.509. The fourth-order valence-electron chi connectivity index (χ4n) is 1.86. The van der Waals surface area contributed by atoms with E-state index in [1.54, 1.807) is 24.3 Å². The molecule has 0 radical (unpaired) electrons. The first-order valence-corrected chi connectivity index (χ1v) is 8.12. The van der Waals surface area contributed by atoms with E-state index in [0.717, 1.165) is 32.3 Å². The molecule has 0 aliphatic carbocycles. The zero-order valence-electron chi connectivity index (χ0n) is 10.5. The Kier molecular flexibility index (Phi) is 3.96. The highest BCUT2D eigenvalue weighted by atomic mass is 79.9. The van der Waals surface area contributed by atoms with Crippen molar-refractivity contribution in [1.82, 2.24) is 19.4 Å². The molecule has 0 unspecified atom stereocenters. The van der Waals surface area contributed by atoms with E-state index < -0.39 is 0 Å². The molecule has 0 aliphatic rings. The molecule has 0 amide bonds. The molecule has 0 atom stereocenters. The molecule has 3 aromatic rings. The van der Waals surface area contributed by atoms with Gasteiger partial charge in [0.15, 0.2) is 0 Å². The first-order chi connectivity index (χ1) is 9.67. The second-order valence-electron chi connectivity index (χ2n) is 4.04. The number of nitrogens with zero attached hydrogens (tertiary/aromatic N) is 4. The number of hydrogen-bond acceptors (Lipinski definition) is 4. The van der Waals surface area contributed by atoms with Crippen LogP contribution in [0, 0.1) is 0 Å². The van der Waals surface area contributed by atoms with Gasteiger partial charge in [0.1, 0.15) is 28.0 Å². The predicted octanol–water partition coefficient (Wildman–Crippen LogP) is 4.32. The lowest BCUT2D eigenvalue weighted by molar-refractivity contribution is 1.07. The Balaban J connectivity index is 2.14. The van der Waals surface area contributed by atoms with Crippen molar-refractivity contribution in [3.05, 3.63) is 40.5 Å². The largest absolute Gasteiger partial charge is 0.290 e. The lowest BCUT2D eigenvalue weighted by Crippen LogP contribution is -1.88. The second kappa shape index (κ2) is 5.71. The van der Waals surface area contributed by atoms with E-state index in [0.29, 0.717) is 5.02 Å². The molecular weight excluding hydrogens is 360 g/mol. The average Bonchev–Trinajstić information content (AvgIpc) is 2.82. The number of thioether (sulfide) groups is 1. The summed E-state index contributed by atoms with van der Waals surface area (Å²) in [5.41, 5.74) is 2.49. The smallest absolute Gasteiger partial charge is 0.141 e. The molecular formula is C13H10BrClN4S. The Morgan fingerprint density at radius 3 is 3.00 bits per heavy atom. The van der Waals surface area contributed by atoms with Gasteiger partial charge in [-0.05, 0) is 27.7 Å². The number of halogens is 2. The zero-order chi connectivity index (χ0) is 14.1. The van der Waals surface area contributed by atoms with Crippen LogP contribution in [0.3, 0.4) is 0 Å². The van der Waals surface area contributed by atoms with Crippen molar-refractivity contribution < 1.29 is 0 Å². The van der Waals surface area contributed by atoms with Crippen molar-refractivity contribution in [3.63, 3.8) is 0 Å². The average molecular weight is 370 g/mol. The number of rotatable bonds is 3. The van der Waals surface area contributed by atoms with Crippen LogP contribution in [0.5, 0.6) is 0 Å². The summed E-state index contributed by atoms with van der Waals surface area (Å²) in [5.74, 6) is 0.954. The summed E-state index contributed by atoms with van der Waals surface area (Å²) in [7, 11) is 0. The minimum Gasteiger partial charge on any atom is -0.290 e. The van der Waals surface area contributed by atoms with Crippen molar-refractivity contribution in [2.24, 2.45) is 0 Å². The van der Waals surface area contributed by atoms with E-state index in [9.17, 15) is 0 Å². The summed E-state index contributed by atoms with van der Waals surface area (Å²) in [6, 6.07) is 3.79. The van der Waals surface area contributed by atoms with E-state index >= 15 is 0 Å². The van der Waals surface area contributed by atoms with Gasteiger partial charge in [-0.1, -0.05) is 18.5 Å². The van der Waals surface area contributed by atoms with Crippen LogP contribution in [0.15, 0.2) is 40.4 Å².